The van der Waals surface area contributed by atoms with Crippen molar-refractivity contribution in [3.05, 3.63) is 23.3 Å². The lowest BCUT2D eigenvalue weighted by atomic mass is 9.79. The normalized spacial score (nSPS) is 23.2. The van der Waals surface area contributed by atoms with Gasteiger partial charge in [-0.25, -0.2) is 10.2 Å². The number of benzene rings is 1. The van der Waals surface area contributed by atoms with Crippen LogP contribution in [-0.2, 0) is 34.6 Å². The molecule has 0 bridgehead atoms. The Balaban J connectivity index is 1.96. The Morgan fingerprint density at radius 1 is 0.907 bits per heavy atom. The monoisotopic (exact) mass is 625 g/mol. The number of methoxy groups -OCH3 is 2. The molecule has 1 fully saturated rings. The first-order chi connectivity index (χ1) is 20.2. The van der Waals surface area contributed by atoms with Crippen LogP contribution in [0.5, 0.6) is 11.5 Å². The van der Waals surface area contributed by atoms with E-state index >= 15 is 0 Å². The SMILES string of the molecule is COc1cc2c(cc1OC)[C@H]1CC(OP(=O)(NC(C)C(=O)OC(C)C)NC(C)C(=O)OC(C)C)[C@H](CC(C)C)CN1CC2. The van der Waals surface area contributed by atoms with Crippen LogP contribution in [-0.4, -0.2) is 74.5 Å². The van der Waals surface area contributed by atoms with Gasteiger partial charge in [-0.05, 0) is 95.9 Å². The standard InChI is InChI=1S/C31H52N3O8P/c1-18(2)13-24-17-34-12-11-23-14-28(38-9)29(39-10)15-25(23)26(34)16-27(24)42-43(37,32-21(7)30(35)40-19(3)4)33-22(8)31(36)41-20(5)6/h14-15,18-22,24,26-27H,11-13,16-17H2,1-10H3,(H2,32,33,37)/t21?,22?,24-,26-,27?,43?/m1/s1. The van der Waals surface area contributed by atoms with Gasteiger partial charge in [0.2, 0.25) is 0 Å². The molecule has 0 radical (unpaired) electrons. The zero-order valence-electron chi connectivity index (χ0n) is 27.5. The molecule has 2 aliphatic rings. The molecule has 1 aromatic rings. The van der Waals surface area contributed by atoms with Crippen LogP contribution < -0.4 is 19.6 Å². The maximum Gasteiger partial charge on any atom is 0.342 e. The summed E-state index contributed by atoms with van der Waals surface area (Å²) in [6.45, 7) is 16.1. The van der Waals surface area contributed by atoms with Crippen LogP contribution in [0.2, 0.25) is 0 Å². The van der Waals surface area contributed by atoms with Crippen LogP contribution in [0.4, 0.5) is 0 Å². The zero-order valence-corrected chi connectivity index (χ0v) is 28.4. The van der Waals surface area contributed by atoms with E-state index in [-0.39, 0.29) is 24.2 Å². The van der Waals surface area contributed by atoms with E-state index < -0.39 is 37.8 Å². The Morgan fingerprint density at radius 2 is 1.44 bits per heavy atom. The van der Waals surface area contributed by atoms with Gasteiger partial charge >= 0.3 is 19.6 Å². The molecule has 3 rings (SSSR count). The lowest BCUT2D eigenvalue weighted by Gasteiger charge is -2.48. The molecule has 11 nitrogen and oxygen atoms in total. The lowest BCUT2D eigenvalue weighted by Crippen LogP contribution is -2.50. The van der Waals surface area contributed by atoms with Gasteiger partial charge in [0.25, 0.3) is 0 Å². The maximum absolute atomic E-state index is 14.6. The van der Waals surface area contributed by atoms with Crippen LogP contribution in [0.15, 0.2) is 12.1 Å². The van der Waals surface area contributed by atoms with E-state index in [0.717, 1.165) is 31.5 Å². The minimum absolute atomic E-state index is 0.0112. The summed E-state index contributed by atoms with van der Waals surface area (Å²) in [5, 5.41) is 5.75. The molecule has 0 saturated carbocycles. The highest BCUT2D eigenvalue weighted by atomic mass is 31.2. The first-order valence-corrected chi connectivity index (χ1v) is 17.0. The van der Waals surface area contributed by atoms with Gasteiger partial charge in [0.1, 0.15) is 12.1 Å². The molecule has 0 aliphatic carbocycles. The molecule has 1 aromatic carbocycles. The Morgan fingerprint density at radius 3 is 1.93 bits per heavy atom. The zero-order chi connectivity index (χ0) is 32.1. The molecule has 12 heteroatoms. The number of esters is 2. The van der Waals surface area contributed by atoms with E-state index in [9.17, 15) is 14.2 Å². The van der Waals surface area contributed by atoms with Crippen LogP contribution in [0, 0.1) is 11.8 Å². The fraction of sp³-hybridized carbons (Fsp3) is 0.742. The molecule has 2 heterocycles. The van der Waals surface area contributed by atoms with Crippen molar-refractivity contribution in [2.24, 2.45) is 11.8 Å². The molecule has 1 saturated heterocycles. The number of carbonyl (C=O) groups is 2. The number of fused-ring (bicyclic) bond motifs is 3. The fourth-order valence-electron chi connectivity index (χ4n) is 5.94. The molecule has 43 heavy (non-hydrogen) atoms. The fourth-order valence-corrected chi connectivity index (χ4v) is 8.01. The van der Waals surface area contributed by atoms with E-state index in [1.807, 2.05) is 12.1 Å². The predicted molar refractivity (Wildman–Crippen MR) is 165 cm³/mol. The van der Waals surface area contributed by atoms with Gasteiger partial charge in [-0.15, -0.1) is 0 Å². The van der Waals surface area contributed by atoms with Gasteiger partial charge in [-0.1, -0.05) is 13.8 Å². The minimum Gasteiger partial charge on any atom is -0.493 e. The number of rotatable bonds is 14. The van der Waals surface area contributed by atoms with Crippen LogP contribution in [0.1, 0.15) is 85.4 Å². The lowest BCUT2D eigenvalue weighted by molar-refractivity contribution is -0.149. The number of piperidine rings is 1. The van der Waals surface area contributed by atoms with Crippen molar-refractivity contribution >= 4 is 19.6 Å². The summed E-state index contributed by atoms with van der Waals surface area (Å²) >= 11 is 0. The number of carbonyl (C=O) groups excluding carboxylic acids is 2. The Kier molecular flexibility index (Phi) is 12.5. The Bertz CT molecular complexity index is 1130. The van der Waals surface area contributed by atoms with E-state index in [4.69, 9.17) is 23.5 Å². The van der Waals surface area contributed by atoms with Gasteiger partial charge in [0.05, 0.1) is 32.5 Å². The van der Waals surface area contributed by atoms with Gasteiger partial charge in [-0.2, -0.15) is 0 Å². The second-order valence-corrected chi connectivity index (χ2v) is 14.5. The van der Waals surface area contributed by atoms with Crippen LogP contribution in [0.3, 0.4) is 0 Å². The topological polar surface area (TPSA) is 125 Å². The van der Waals surface area contributed by atoms with Crippen LogP contribution >= 0.6 is 7.67 Å². The summed E-state index contributed by atoms with van der Waals surface area (Å²) in [4.78, 5) is 27.9. The number of hydrogen-bond donors (Lipinski definition) is 2. The average Bonchev–Trinajstić information content (AvgIpc) is 2.91. The summed E-state index contributed by atoms with van der Waals surface area (Å²) in [5.41, 5.74) is 2.33. The summed E-state index contributed by atoms with van der Waals surface area (Å²) in [7, 11) is -0.741. The van der Waals surface area contributed by atoms with E-state index in [0.29, 0.717) is 23.8 Å². The largest absolute Gasteiger partial charge is 0.493 e. The van der Waals surface area contributed by atoms with Crippen LogP contribution in [0.25, 0.3) is 0 Å². The van der Waals surface area contributed by atoms with Gasteiger partial charge in [0.15, 0.2) is 11.5 Å². The number of ether oxygens (including phenoxy) is 4. The highest BCUT2D eigenvalue weighted by Gasteiger charge is 2.44. The van der Waals surface area contributed by atoms with Crippen molar-refractivity contribution in [1.82, 2.24) is 15.1 Å². The van der Waals surface area contributed by atoms with Crippen molar-refractivity contribution in [2.75, 3.05) is 27.3 Å². The molecule has 2 N–H and O–H groups in total. The first-order valence-electron chi connectivity index (χ1n) is 15.4. The highest BCUT2D eigenvalue weighted by Crippen LogP contribution is 2.49. The van der Waals surface area contributed by atoms with Crippen molar-refractivity contribution in [3.63, 3.8) is 0 Å². The summed E-state index contributed by atoms with van der Waals surface area (Å²) < 4.78 is 43.0. The number of hydrogen-bond acceptors (Lipinski definition) is 9. The average molecular weight is 626 g/mol. The number of nitrogens with one attached hydrogen (secondary N) is 2. The Labute approximate surface area is 257 Å². The summed E-state index contributed by atoms with van der Waals surface area (Å²) in [6.07, 6.45) is 1.21. The minimum atomic E-state index is -4.00. The first kappa shape index (κ1) is 35.3. The van der Waals surface area contributed by atoms with Gasteiger partial charge in [0, 0.05) is 19.1 Å². The molecule has 2 aliphatic heterocycles. The third-order valence-electron chi connectivity index (χ3n) is 7.76. The van der Waals surface area contributed by atoms with E-state index in [1.54, 1.807) is 55.8 Å². The van der Waals surface area contributed by atoms with E-state index in [2.05, 4.69) is 28.9 Å². The van der Waals surface area contributed by atoms with Crippen molar-refractivity contribution in [3.8, 4) is 11.5 Å². The summed E-state index contributed by atoms with van der Waals surface area (Å²) in [5.74, 6) is 0.690. The summed E-state index contributed by atoms with van der Waals surface area (Å²) in [6, 6.07) is 2.18. The predicted octanol–water partition coefficient (Wildman–Crippen LogP) is 5.02. The molecular formula is C31H52N3O8P. The van der Waals surface area contributed by atoms with Gasteiger partial charge < -0.3 is 23.5 Å². The molecule has 244 valence electrons. The van der Waals surface area contributed by atoms with E-state index in [1.165, 1.54) is 5.56 Å². The third-order valence-corrected chi connectivity index (χ3v) is 9.78. The van der Waals surface area contributed by atoms with Crippen molar-refractivity contribution in [1.29, 1.82) is 0 Å². The van der Waals surface area contributed by atoms with Crippen molar-refractivity contribution in [2.45, 2.75) is 111 Å². The molecule has 5 atom stereocenters. The molecular weight excluding hydrogens is 573 g/mol. The maximum atomic E-state index is 14.6. The number of nitrogens with zero attached hydrogens (tertiary/aromatic N) is 1. The Hall–Kier alpha value is -2.17. The van der Waals surface area contributed by atoms with Gasteiger partial charge in [-0.3, -0.25) is 19.1 Å². The third kappa shape index (κ3) is 9.41. The quantitative estimate of drug-likeness (QED) is 0.214. The molecule has 0 spiro atoms. The highest BCUT2D eigenvalue weighted by molar-refractivity contribution is 7.54. The molecule has 0 aromatic heterocycles. The smallest absolute Gasteiger partial charge is 0.342 e. The molecule has 3 unspecified atom stereocenters. The van der Waals surface area contributed by atoms with Crippen molar-refractivity contribution < 1.29 is 37.6 Å². The second kappa shape index (κ2) is 15.2. The second-order valence-electron chi connectivity index (χ2n) is 12.7. The molecule has 0 amide bonds.